The van der Waals surface area contributed by atoms with Crippen molar-refractivity contribution in [1.29, 1.82) is 10.5 Å². The van der Waals surface area contributed by atoms with Gasteiger partial charge in [0.1, 0.15) is 12.2 Å². The van der Waals surface area contributed by atoms with Crippen molar-refractivity contribution in [2.45, 2.75) is 26.3 Å². The Morgan fingerprint density at radius 1 is 1.31 bits per heavy atom. The third-order valence-corrected chi connectivity index (χ3v) is 5.19. The zero-order valence-corrected chi connectivity index (χ0v) is 18.1. The monoisotopic (exact) mass is 433 g/mol. The summed E-state index contributed by atoms with van der Waals surface area (Å²) in [6, 6.07) is 10.3. The Morgan fingerprint density at radius 2 is 2.06 bits per heavy atom. The summed E-state index contributed by atoms with van der Waals surface area (Å²) in [5.74, 6) is -0.854. The third-order valence-electron chi connectivity index (χ3n) is 5.19. The Balaban J connectivity index is 1.90. The van der Waals surface area contributed by atoms with Gasteiger partial charge in [0, 0.05) is 32.6 Å². The Morgan fingerprint density at radius 3 is 2.72 bits per heavy atom. The maximum Gasteiger partial charge on any atom is 0.272 e. The van der Waals surface area contributed by atoms with Crippen LogP contribution in [-0.2, 0) is 9.59 Å². The van der Waals surface area contributed by atoms with Crippen LogP contribution >= 0.6 is 0 Å². The highest BCUT2D eigenvalue weighted by Crippen LogP contribution is 2.31. The second-order valence-corrected chi connectivity index (χ2v) is 7.67. The van der Waals surface area contributed by atoms with Gasteiger partial charge in [0.05, 0.1) is 41.5 Å². The van der Waals surface area contributed by atoms with Crippen LogP contribution in [0.2, 0.25) is 0 Å². The largest absolute Gasteiger partial charge is 0.343 e. The van der Waals surface area contributed by atoms with Crippen molar-refractivity contribution in [3.05, 3.63) is 35.5 Å². The fraction of sp³-hybridized carbons (Fsp3) is 0.364. The van der Waals surface area contributed by atoms with E-state index in [0.717, 1.165) is 0 Å². The molecule has 3 amide bonds. The molecule has 0 spiro atoms. The molecule has 0 bridgehead atoms. The number of carbonyl (C=O) groups is 3. The molecule has 3 rings (SSSR count). The molecule has 1 N–H and O–H groups in total. The SMILES string of the molecule is CC(=O)Nc1cc(C#N)ccc1-c1cc2n(n1)[C@@H](C)CN(CC(=O)N(C)CCC#N)C2=O. The van der Waals surface area contributed by atoms with Crippen LogP contribution in [-0.4, -0.2) is 64.0 Å². The topological polar surface area (TPSA) is 135 Å². The molecule has 164 valence electrons. The van der Waals surface area contributed by atoms with Gasteiger partial charge in [-0.05, 0) is 31.2 Å². The summed E-state index contributed by atoms with van der Waals surface area (Å²) in [6.45, 7) is 3.81. The average molecular weight is 433 g/mol. The molecular formula is C22H23N7O3. The number of likely N-dealkylation sites (N-methyl/N-ethyl adjacent to an activating group) is 1. The fourth-order valence-corrected chi connectivity index (χ4v) is 3.56. The lowest BCUT2D eigenvalue weighted by Crippen LogP contribution is -2.47. The molecule has 10 heteroatoms. The number of fused-ring (bicyclic) bond motifs is 1. The maximum absolute atomic E-state index is 13.1. The van der Waals surface area contributed by atoms with Crippen LogP contribution in [0.4, 0.5) is 5.69 Å². The van der Waals surface area contributed by atoms with E-state index in [9.17, 15) is 14.4 Å². The first-order valence-electron chi connectivity index (χ1n) is 10.1. The summed E-state index contributed by atoms with van der Waals surface area (Å²) in [5.41, 5.74) is 2.21. The molecule has 0 unspecified atom stereocenters. The Kier molecular flexibility index (Phi) is 6.55. The van der Waals surface area contributed by atoms with Gasteiger partial charge in [-0.2, -0.15) is 15.6 Å². The molecule has 2 heterocycles. The second-order valence-electron chi connectivity index (χ2n) is 7.67. The van der Waals surface area contributed by atoms with Crippen LogP contribution in [0.25, 0.3) is 11.3 Å². The fourth-order valence-electron chi connectivity index (χ4n) is 3.56. The number of rotatable bonds is 6. The van der Waals surface area contributed by atoms with Crippen molar-refractivity contribution in [2.24, 2.45) is 0 Å². The minimum absolute atomic E-state index is 0.0837. The molecule has 0 radical (unpaired) electrons. The number of nitrogens with one attached hydrogen (secondary N) is 1. The number of hydrogen-bond acceptors (Lipinski definition) is 6. The summed E-state index contributed by atoms with van der Waals surface area (Å²) in [5, 5.41) is 25.1. The molecule has 1 aliphatic rings. The summed E-state index contributed by atoms with van der Waals surface area (Å²) in [7, 11) is 1.61. The molecule has 0 aliphatic carbocycles. The summed E-state index contributed by atoms with van der Waals surface area (Å²) in [6.07, 6.45) is 0.226. The van der Waals surface area contributed by atoms with E-state index in [-0.39, 0.29) is 36.7 Å². The number of hydrogen-bond donors (Lipinski definition) is 1. The molecular weight excluding hydrogens is 410 g/mol. The van der Waals surface area contributed by atoms with Crippen LogP contribution in [0.3, 0.4) is 0 Å². The van der Waals surface area contributed by atoms with Crippen molar-refractivity contribution < 1.29 is 14.4 Å². The van der Waals surface area contributed by atoms with Gasteiger partial charge in [-0.3, -0.25) is 19.1 Å². The van der Waals surface area contributed by atoms with Crippen LogP contribution in [0, 0.1) is 22.7 Å². The second kappa shape index (κ2) is 9.31. The zero-order chi connectivity index (χ0) is 23.4. The molecule has 0 saturated heterocycles. The third kappa shape index (κ3) is 4.60. The van der Waals surface area contributed by atoms with Gasteiger partial charge < -0.3 is 15.1 Å². The summed E-state index contributed by atoms with van der Waals surface area (Å²) in [4.78, 5) is 40.1. The number of amides is 3. The highest BCUT2D eigenvalue weighted by Gasteiger charge is 2.32. The lowest BCUT2D eigenvalue weighted by molar-refractivity contribution is -0.130. The quantitative estimate of drug-likeness (QED) is 0.737. The van der Waals surface area contributed by atoms with E-state index in [1.54, 1.807) is 36.0 Å². The molecule has 1 atom stereocenters. The maximum atomic E-state index is 13.1. The normalized spacial score (nSPS) is 14.8. The van der Waals surface area contributed by atoms with Gasteiger partial charge in [0.15, 0.2) is 0 Å². The van der Waals surface area contributed by atoms with Crippen molar-refractivity contribution in [3.63, 3.8) is 0 Å². The number of anilines is 1. The van der Waals surface area contributed by atoms with Crippen LogP contribution in [0.15, 0.2) is 24.3 Å². The number of carbonyl (C=O) groups excluding carboxylic acids is 3. The Hall–Kier alpha value is -4.18. The van der Waals surface area contributed by atoms with Gasteiger partial charge in [0.25, 0.3) is 5.91 Å². The lowest BCUT2D eigenvalue weighted by Gasteiger charge is -2.32. The minimum atomic E-state index is -0.321. The van der Waals surface area contributed by atoms with E-state index in [0.29, 0.717) is 41.3 Å². The standard InChI is InChI=1S/C22H23N7O3/c1-14-12-28(13-21(31)27(3)8-4-7-23)22(32)20-10-19(26-29(14)20)17-6-5-16(11-24)9-18(17)25-15(2)30/h5-6,9-10,14H,4,8,12-13H2,1-3H3,(H,25,30)/t14-/m0/s1. The van der Waals surface area contributed by atoms with E-state index in [1.165, 1.54) is 16.7 Å². The highest BCUT2D eigenvalue weighted by atomic mass is 16.2. The smallest absolute Gasteiger partial charge is 0.272 e. The van der Waals surface area contributed by atoms with E-state index in [4.69, 9.17) is 10.5 Å². The molecule has 2 aromatic rings. The van der Waals surface area contributed by atoms with Crippen molar-refractivity contribution >= 4 is 23.4 Å². The van der Waals surface area contributed by atoms with Crippen LogP contribution in [0.5, 0.6) is 0 Å². The van der Waals surface area contributed by atoms with Crippen molar-refractivity contribution in [2.75, 3.05) is 32.0 Å². The first-order valence-corrected chi connectivity index (χ1v) is 10.1. The Labute approximate surface area is 185 Å². The highest BCUT2D eigenvalue weighted by molar-refractivity contribution is 5.98. The van der Waals surface area contributed by atoms with E-state index in [1.807, 2.05) is 19.1 Å². The molecule has 0 fully saturated rings. The van der Waals surface area contributed by atoms with Crippen LogP contribution < -0.4 is 5.32 Å². The molecule has 1 aliphatic heterocycles. The molecule has 1 aromatic carbocycles. The van der Waals surface area contributed by atoms with E-state index in [2.05, 4.69) is 10.4 Å². The predicted octanol–water partition coefficient (Wildman–Crippen LogP) is 1.77. The van der Waals surface area contributed by atoms with Gasteiger partial charge in [-0.15, -0.1) is 0 Å². The van der Waals surface area contributed by atoms with Crippen LogP contribution in [0.1, 0.15) is 42.4 Å². The van der Waals surface area contributed by atoms with E-state index >= 15 is 0 Å². The number of benzene rings is 1. The first-order chi connectivity index (χ1) is 15.2. The molecule has 10 nitrogen and oxygen atoms in total. The predicted molar refractivity (Wildman–Crippen MR) is 115 cm³/mol. The summed E-state index contributed by atoms with van der Waals surface area (Å²) >= 11 is 0. The van der Waals surface area contributed by atoms with Gasteiger partial charge >= 0.3 is 0 Å². The molecule has 0 saturated carbocycles. The Bertz CT molecular complexity index is 1160. The number of aromatic nitrogens is 2. The first kappa shape index (κ1) is 22.5. The number of nitrogens with zero attached hydrogens (tertiary/aromatic N) is 6. The van der Waals surface area contributed by atoms with Gasteiger partial charge in [-0.25, -0.2) is 0 Å². The molecule has 32 heavy (non-hydrogen) atoms. The molecule has 1 aromatic heterocycles. The minimum Gasteiger partial charge on any atom is -0.343 e. The van der Waals surface area contributed by atoms with Crippen molar-refractivity contribution in [1.82, 2.24) is 19.6 Å². The lowest BCUT2D eigenvalue weighted by atomic mass is 10.1. The van der Waals surface area contributed by atoms with Gasteiger partial charge in [-0.1, -0.05) is 0 Å². The summed E-state index contributed by atoms with van der Waals surface area (Å²) < 4.78 is 1.62. The number of nitriles is 2. The van der Waals surface area contributed by atoms with E-state index < -0.39 is 0 Å². The zero-order valence-electron chi connectivity index (χ0n) is 18.1. The average Bonchev–Trinajstić information content (AvgIpc) is 3.21. The van der Waals surface area contributed by atoms with Crippen molar-refractivity contribution in [3.8, 4) is 23.4 Å². The van der Waals surface area contributed by atoms with Gasteiger partial charge in [0.2, 0.25) is 11.8 Å².